The SMILES string of the molecule is CCOc1ccc(S(=O)(=O)Nc2cccc(N3CCCC3=O)c2)cc1C. The van der Waals surface area contributed by atoms with Gasteiger partial charge < -0.3 is 9.64 Å². The van der Waals surface area contributed by atoms with Crippen molar-refractivity contribution in [1.82, 2.24) is 0 Å². The van der Waals surface area contributed by atoms with Crippen LogP contribution in [-0.4, -0.2) is 27.5 Å². The van der Waals surface area contributed by atoms with E-state index in [1.54, 1.807) is 35.2 Å². The Balaban J connectivity index is 1.83. The van der Waals surface area contributed by atoms with Crippen LogP contribution < -0.4 is 14.4 Å². The Kier molecular flexibility index (Phi) is 5.18. The minimum atomic E-state index is -3.73. The molecule has 0 aromatic heterocycles. The van der Waals surface area contributed by atoms with Gasteiger partial charge in [0.1, 0.15) is 5.75 Å². The third kappa shape index (κ3) is 3.83. The predicted octanol–water partition coefficient (Wildman–Crippen LogP) is 3.32. The molecule has 138 valence electrons. The van der Waals surface area contributed by atoms with E-state index in [-0.39, 0.29) is 10.8 Å². The average Bonchev–Trinajstić information content (AvgIpc) is 3.02. The zero-order chi connectivity index (χ0) is 18.7. The summed E-state index contributed by atoms with van der Waals surface area (Å²) in [6.07, 6.45) is 1.35. The number of ether oxygens (including phenoxy) is 1. The molecule has 1 saturated heterocycles. The van der Waals surface area contributed by atoms with Gasteiger partial charge in [0.15, 0.2) is 0 Å². The fourth-order valence-corrected chi connectivity index (χ4v) is 4.11. The molecule has 2 aromatic carbocycles. The van der Waals surface area contributed by atoms with Gasteiger partial charge in [-0.25, -0.2) is 8.42 Å². The van der Waals surface area contributed by atoms with E-state index in [1.807, 2.05) is 19.9 Å². The van der Waals surface area contributed by atoms with Gasteiger partial charge in [0.05, 0.1) is 17.2 Å². The maximum atomic E-state index is 12.7. The molecule has 1 fully saturated rings. The number of aryl methyl sites for hydroxylation is 1. The number of nitrogens with one attached hydrogen (secondary N) is 1. The summed E-state index contributed by atoms with van der Waals surface area (Å²) in [6.45, 7) is 4.87. The minimum Gasteiger partial charge on any atom is -0.494 e. The number of carbonyl (C=O) groups is 1. The third-order valence-corrected chi connectivity index (χ3v) is 5.62. The second-order valence-electron chi connectivity index (χ2n) is 6.17. The maximum Gasteiger partial charge on any atom is 0.261 e. The predicted molar refractivity (Wildman–Crippen MR) is 101 cm³/mol. The van der Waals surface area contributed by atoms with Crippen LogP contribution in [0.3, 0.4) is 0 Å². The number of rotatable bonds is 6. The van der Waals surface area contributed by atoms with Crippen molar-refractivity contribution >= 4 is 27.3 Å². The van der Waals surface area contributed by atoms with Crippen molar-refractivity contribution < 1.29 is 17.9 Å². The topological polar surface area (TPSA) is 75.7 Å². The van der Waals surface area contributed by atoms with E-state index in [0.717, 1.165) is 12.0 Å². The summed E-state index contributed by atoms with van der Waals surface area (Å²) < 4.78 is 33.4. The van der Waals surface area contributed by atoms with E-state index in [0.29, 0.717) is 36.7 Å². The first-order chi connectivity index (χ1) is 12.4. The lowest BCUT2D eigenvalue weighted by atomic mass is 10.2. The number of benzene rings is 2. The molecule has 7 heteroatoms. The molecule has 0 atom stereocenters. The van der Waals surface area contributed by atoms with Gasteiger partial charge in [0, 0.05) is 18.7 Å². The van der Waals surface area contributed by atoms with Crippen LogP contribution >= 0.6 is 0 Å². The Morgan fingerprint density at radius 1 is 1.19 bits per heavy atom. The molecule has 1 aliphatic rings. The highest BCUT2D eigenvalue weighted by molar-refractivity contribution is 7.92. The van der Waals surface area contributed by atoms with E-state index < -0.39 is 10.0 Å². The van der Waals surface area contributed by atoms with Gasteiger partial charge in [-0.15, -0.1) is 0 Å². The minimum absolute atomic E-state index is 0.0622. The van der Waals surface area contributed by atoms with Gasteiger partial charge in [-0.2, -0.15) is 0 Å². The second kappa shape index (κ2) is 7.37. The van der Waals surface area contributed by atoms with Crippen LogP contribution in [0, 0.1) is 6.92 Å². The summed E-state index contributed by atoms with van der Waals surface area (Å²) in [5.74, 6) is 0.730. The van der Waals surface area contributed by atoms with Crippen molar-refractivity contribution in [3.63, 3.8) is 0 Å². The molecule has 1 N–H and O–H groups in total. The molecule has 0 unspecified atom stereocenters. The molecule has 1 heterocycles. The van der Waals surface area contributed by atoms with Gasteiger partial charge in [0.2, 0.25) is 5.91 Å². The number of anilines is 2. The molecular formula is C19H22N2O4S. The first-order valence-corrected chi connectivity index (χ1v) is 10.1. The molecular weight excluding hydrogens is 352 g/mol. The second-order valence-corrected chi connectivity index (χ2v) is 7.85. The number of carbonyl (C=O) groups excluding carboxylic acids is 1. The van der Waals surface area contributed by atoms with E-state index in [2.05, 4.69) is 4.72 Å². The Hall–Kier alpha value is -2.54. The summed E-state index contributed by atoms with van der Waals surface area (Å²) in [5.41, 5.74) is 1.88. The van der Waals surface area contributed by atoms with Gasteiger partial charge in [-0.05, 0) is 62.2 Å². The van der Waals surface area contributed by atoms with Crippen LogP contribution in [0.25, 0.3) is 0 Å². The summed E-state index contributed by atoms with van der Waals surface area (Å²) in [5, 5.41) is 0. The number of nitrogens with zero attached hydrogens (tertiary/aromatic N) is 1. The number of hydrogen-bond acceptors (Lipinski definition) is 4. The summed E-state index contributed by atoms with van der Waals surface area (Å²) in [7, 11) is -3.73. The molecule has 3 rings (SSSR count). The standard InChI is InChI=1S/C19H22N2O4S/c1-3-25-18-10-9-17(12-14(18)2)26(23,24)20-15-6-4-7-16(13-15)21-11-5-8-19(21)22/h4,6-7,9-10,12-13,20H,3,5,8,11H2,1-2H3. The van der Waals surface area contributed by atoms with Crippen LogP contribution in [0.2, 0.25) is 0 Å². The molecule has 26 heavy (non-hydrogen) atoms. The maximum absolute atomic E-state index is 12.7. The molecule has 0 radical (unpaired) electrons. The molecule has 0 aliphatic carbocycles. The summed E-state index contributed by atoms with van der Waals surface area (Å²) >= 11 is 0. The molecule has 2 aromatic rings. The quantitative estimate of drug-likeness (QED) is 0.842. The highest BCUT2D eigenvalue weighted by Gasteiger charge is 2.22. The van der Waals surface area contributed by atoms with Gasteiger partial charge in [-0.3, -0.25) is 9.52 Å². The summed E-state index contributed by atoms with van der Waals surface area (Å²) in [6, 6.07) is 11.7. The van der Waals surface area contributed by atoms with Crippen molar-refractivity contribution in [2.24, 2.45) is 0 Å². The van der Waals surface area contributed by atoms with Gasteiger partial charge >= 0.3 is 0 Å². The first-order valence-electron chi connectivity index (χ1n) is 8.57. The van der Waals surface area contributed by atoms with Crippen LogP contribution in [-0.2, 0) is 14.8 Å². The molecule has 1 amide bonds. The summed E-state index contributed by atoms with van der Waals surface area (Å²) in [4.78, 5) is 13.7. The van der Waals surface area contributed by atoms with Crippen LogP contribution in [0.15, 0.2) is 47.4 Å². The first kappa shape index (κ1) is 18.3. The molecule has 0 saturated carbocycles. The van der Waals surface area contributed by atoms with E-state index >= 15 is 0 Å². The van der Waals surface area contributed by atoms with Crippen LogP contribution in [0.5, 0.6) is 5.75 Å². The van der Waals surface area contributed by atoms with Crippen molar-refractivity contribution in [3.05, 3.63) is 48.0 Å². The van der Waals surface area contributed by atoms with Crippen molar-refractivity contribution in [1.29, 1.82) is 0 Å². The molecule has 1 aliphatic heterocycles. The largest absolute Gasteiger partial charge is 0.494 e. The molecule has 0 bridgehead atoms. The Labute approximate surface area is 153 Å². The van der Waals surface area contributed by atoms with Crippen LogP contribution in [0.1, 0.15) is 25.3 Å². The van der Waals surface area contributed by atoms with Crippen molar-refractivity contribution in [3.8, 4) is 5.75 Å². The van der Waals surface area contributed by atoms with Gasteiger partial charge in [0.25, 0.3) is 10.0 Å². The van der Waals surface area contributed by atoms with E-state index in [4.69, 9.17) is 4.74 Å². The molecule has 6 nitrogen and oxygen atoms in total. The number of amides is 1. The Morgan fingerprint density at radius 3 is 2.65 bits per heavy atom. The highest BCUT2D eigenvalue weighted by Crippen LogP contribution is 2.27. The fourth-order valence-electron chi connectivity index (χ4n) is 2.98. The Bertz CT molecular complexity index is 925. The zero-order valence-corrected chi connectivity index (χ0v) is 15.7. The highest BCUT2D eigenvalue weighted by atomic mass is 32.2. The monoisotopic (exact) mass is 374 g/mol. The number of sulfonamides is 1. The van der Waals surface area contributed by atoms with Gasteiger partial charge in [-0.1, -0.05) is 6.07 Å². The molecule has 0 spiro atoms. The lowest BCUT2D eigenvalue weighted by Gasteiger charge is -2.17. The smallest absolute Gasteiger partial charge is 0.261 e. The number of hydrogen-bond donors (Lipinski definition) is 1. The van der Waals surface area contributed by atoms with Crippen LogP contribution in [0.4, 0.5) is 11.4 Å². The zero-order valence-electron chi connectivity index (χ0n) is 14.9. The van der Waals surface area contributed by atoms with Crippen molar-refractivity contribution in [2.75, 3.05) is 22.8 Å². The Morgan fingerprint density at radius 2 is 2.00 bits per heavy atom. The lowest BCUT2D eigenvalue weighted by molar-refractivity contribution is -0.117. The average molecular weight is 374 g/mol. The van der Waals surface area contributed by atoms with E-state index in [1.165, 1.54) is 6.07 Å². The lowest BCUT2D eigenvalue weighted by Crippen LogP contribution is -2.23. The third-order valence-electron chi connectivity index (χ3n) is 4.24. The van der Waals surface area contributed by atoms with E-state index in [9.17, 15) is 13.2 Å². The fraction of sp³-hybridized carbons (Fsp3) is 0.316. The van der Waals surface area contributed by atoms with Crippen molar-refractivity contribution in [2.45, 2.75) is 31.6 Å². The normalized spacial score (nSPS) is 14.5.